The molecular formula is C19H40O6. The van der Waals surface area contributed by atoms with Crippen molar-refractivity contribution in [2.75, 3.05) is 67.1 Å². The van der Waals surface area contributed by atoms with Crippen LogP contribution in [-0.2, 0) is 18.9 Å². The molecule has 0 saturated carbocycles. The third kappa shape index (κ3) is 8.80. The molecule has 2 N–H and O–H groups in total. The van der Waals surface area contributed by atoms with E-state index in [0.717, 1.165) is 12.8 Å². The van der Waals surface area contributed by atoms with Crippen LogP contribution in [0.1, 0.15) is 40.5 Å². The van der Waals surface area contributed by atoms with Crippen LogP contribution < -0.4 is 0 Å². The van der Waals surface area contributed by atoms with E-state index >= 15 is 0 Å². The van der Waals surface area contributed by atoms with Crippen LogP contribution in [0.3, 0.4) is 0 Å². The summed E-state index contributed by atoms with van der Waals surface area (Å²) in [5, 5.41) is 19.6. The van der Waals surface area contributed by atoms with Gasteiger partial charge in [0.2, 0.25) is 0 Å². The average Bonchev–Trinajstić information content (AvgIpc) is 2.59. The number of hydrogen-bond donors (Lipinski definition) is 2. The van der Waals surface area contributed by atoms with Crippen molar-refractivity contribution in [3.8, 4) is 0 Å². The van der Waals surface area contributed by atoms with Crippen molar-refractivity contribution in [3.05, 3.63) is 0 Å². The van der Waals surface area contributed by atoms with Gasteiger partial charge in [0.05, 0.1) is 52.9 Å². The van der Waals surface area contributed by atoms with Crippen molar-refractivity contribution in [1.82, 2.24) is 0 Å². The van der Waals surface area contributed by atoms with Gasteiger partial charge in [0.25, 0.3) is 0 Å². The Hall–Kier alpha value is -0.240. The quantitative estimate of drug-likeness (QED) is 0.437. The predicted molar refractivity (Wildman–Crippen MR) is 98.8 cm³/mol. The smallest absolute Gasteiger partial charge is 0.0566 e. The van der Waals surface area contributed by atoms with Crippen LogP contribution >= 0.6 is 0 Å². The molecule has 2 unspecified atom stereocenters. The van der Waals surface area contributed by atoms with Crippen molar-refractivity contribution in [2.45, 2.75) is 40.5 Å². The van der Waals surface area contributed by atoms with Crippen molar-refractivity contribution < 1.29 is 29.2 Å². The summed E-state index contributed by atoms with van der Waals surface area (Å²) < 4.78 is 22.2. The molecule has 0 spiro atoms. The molecule has 6 nitrogen and oxygen atoms in total. The minimum Gasteiger partial charge on any atom is -0.396 e. The van der Waals surface area contributed by atoms with E-state index in [1.54, 1.807) is 14.2 Å². The fraction of sp³-hybridized carbons (Fsp3) is 1.00. The summed E-state index contributed by atoms with van der Waals surface area (Å²) in [6, 6.07) is 0. The number of aliphatic hydroxyl groups excluding tert-OH is 2. The van der Waals surface area contributed by atoms with Crippen LogP contribution in [0.2, 0.25) is 0 Å². The summed E-state index contributed by atoms with van der Waals surface area (Å²) in [5.41, 5.74) is -0.909. The summed E-state index contributed by atoms with van der Waals surface area (Å²) in [7, 11) is 3.31. The molecule has 0 aromatic carbocycles. The fourth-order valence-corrected chi connectivity index (χ4v) is 2.66. The Morgan fingerprint density at radius 3 is 1.40 bits per heavy atom. The summed E-state index contributed by atoms with van der Waals surface area (Å²) in [4.78, 5) is 0. The van der Waals surface area contributed by atoms with Gasteiger partial charge in [0.1, 0.15) is 0 Å². The standard InChI is InChI=1S/C19H40O6/c1-7-18(9-20,13-23-6)14-25-16-19(8-2,10-21)15-24-12-17(3,4)11-22-5/h20-21H,7-16H2,1-6H3. The second-order valence-corrected chi connectivity index (χ2v) is 8.04. The lowest BCUT2D eigenvalue weighted by Gasteiger charge is -2.35. The third-order valence-electron chi connectivity index (χ3n) is 4.87. The first-order valence-electron chi connectivity index (χ1n) is 9.13. The highest BCUT2D eigenvalue weighted by Crippen LogP contribution is 2.27. The van der Waals surface area contributed by atoms with Crippen LogP contribution in [0.25, 0.3) is 0 Å². The lowest BCUT2D eigenvalue weighted by atomic mass is 9.86. The van der Waals surface area contributed by atoms with Crippen molar-refractivity contribution in [2.24, 2.45) is 16.2 Å². The van der Waals surface area contributed by atoms with E-state index in [2.05, 4.69) is 13.8 Å². The highest BCUT2D eigenvalue weighted by molar-refractivity contribution is 4.80. The van der Waals surface area contributed by atoms with Crippen molar-refractivity contribution in [3.63, 3.8) is 0 Å². The molecular weight excluding hydrogens is 324 g/mol. The average molecular weight is 365 g/mol. The van der Waals surface area contributed by atoms with Gasteiger partial charge in [-0.05, 0) is 12.8 Å². The van der Waals surface area contributed by atoms with Crippen LogP contribution in [0.4, 0.5) is 0 Å². The molecule has 0 radical (unpaired) electrons. The number of aliphatic hydroxyl groups is 2. The van der Waals surface area contributed by atoms with E-state index in [-0.39, 0.29) is 18.6 Å². The first-order valence-corrected chi connectivity index (χ1v) is 9.13. The van der Waals surface area contributed by atoms with E-state index in [9.17, 15) is 10.2 Å². The van der Waals surface area contributed by atoms with Gasteiger partial charge < -0.3 is 29.2 Å². The van der Waals surface area contributed by atoms with Gasteiger partial charge in [-0.2, -0.15) is 0 Å². The normalized spacial score (nSPS) is 17.3. The molecule has 6 heteroatoms. The fourth-order valence-electron chi connectivity index (χ4n) is 2.66. The SMILES string of the molecule is CCC(CO)(COC)COCC(CC)(CO)COCC(C)(C)COC. The molecule has 0 amide bonds. The molecule has 0 aliphatic rings. The first kappa shape index (κ1) is 24.8. The Labute approximate surface area is 153 Å². The molecule has 0 aliphatic carbocycles. The zero-order chi connectivity index (χ0) is 19.4. The molecule has 0 aromatic heterocycles. The largest absolute Gasteiger partial charge is 0.396 e. The first-order chi connectivity index (χ1) is 11.8. The summed E-state index contributed by atoms with van der Waals surface area (Å²) in [6.45, 7) is 11.0. The Balaban J connectivity index is 4.61. The van der Waals surface area contributed by atoms with Crippen LogP contribution in [-0.4, -0.2) is 77.3 Å². The predicted octanol–water partition coefficient (Wildman–Crippen LogP) is 2.12. The Kier molecular flexibility index (Phi) is 12.1. The number of methoxy groups -OCH3 is 2. The Morgan fingerprint density at radius 1 is 0.640 bits per heavy atom. The number of hydrogen-bond acceptors (Lipinski definition) is 6. The third-order valence-corrected chi connectivity index (χ3v) is 4.87. The minimum absolute atomic E-state index is 0.00324. The molecule has 152 valence electrons. The second-order valence-electron chi connectivity index (χ2n) is 8.04. The number of ether oxygens (including phenoxy) is 4. The highest BCUT2D eigenvalue weighted by atomic mass is 16.5. The Morgan fingerprint density at radius 2 is 1.04 bits per heavy atom. The van der Waals surface area contributed by atoms with E-state index in [1.807, 2.05) is 13.8 Å². The van der Waals surface area contributed by atoms with Gasteiger partial charge >= 0.3 is 0 Å². The highest BCUT2D eigenvalue weighted by Gasteiger charge is 2.33. The molecule has 0 rings (SSSR count). The molecule has 0 fully saturated rings. The molecule has 0 aromatic rings. The van der Waals surface area contributed by atoms with Gasteiger partial charge in [-0.25, -0.2) is 0 Å². The van der Waals surface area contributed by atoms with Gasteiger partial charge in [-0.1, -0.05) is 27.7 Å². The molecule has 25 heavy (non-hydrogen) atoms. The maximum Gasteiger partial charge on any atom is 0.0566 e. The van der Waals surface area contributed by atoms with Gasteiger partial charge in [0.15, 0.2) is 0 Å². The van der Waals surface area contributed by atoms with Gasteiger partial charge in [0, 0.05) is 30.5 Å². The topological polar surface area (TPSA) is 77.4 Å². The minimum atomic E-state index is -0.439. The monoisotopic (exact) mass is 364 g/mol. The molecule has 0 aliphatic heterocycles. The van der Waals surface area contributed by atoms with Crippen LogP contribution in [0, 0.1) is 16.2 Å². The molecule has 0 heterocycles. The van der Waals surface area contributed by atoms with Gasteiger partial charge in [-0.3, -0.25) is 0 Å². The van der Waals surface area contributed by atoms with Crippen molar-refractivity contribution >= 4 is 0 Å². The van der Waals surface area contributed by atoms with E-state index in [4.69, 9.17) is 18.9 Å². The Bertz CT molecular complexity index is 324. The summed E-state index contributed by atoms with van der Waals surface area (Å²) >= 11 is 0. The van der Waals surface area contributed by atoms with E-state index < -0.39 is 10.8 Å². The van der Waals surface area contributed by atoms with E-state index in [1.165, 1.54) is 0 Å². The van der Waals surface area contributed by atoms with Crippen LogP contribution in [0.5, 0.6) is 0 Å². The summed E-state index contributed by atoms with van der Waals surface area (Å²) in [5.74, 6) is 0. The molecule has 0 bridgehead atoms. The summed E-state index contributed by atoms with van der Waals surface area (Å²) in [6.07, 6.45) is 1.51. The lowest BCUT2D eigenvalue weighted by molar-refractivity contribution is -0.101. The van der Waals surface area contributed by atoms with Gasteiger partial charge in [-0.15, -0.1) is 0 Å². The lowest BCUT2D eigenvalue weighted by Crippen LogP contribution is -2.41. The maximum atomic E-state index is 9.90. The zero-order valence-corrected chi connectivity index (χ0v) is 17.1. The number of rotatable bonds is 16. The maximum absolute atomic E-state index is 9.90. The molecule has 2 atom stereocenters. The zero-order valence-electron chi connectivity index (χ0n) is 17.1. The van der Waals surface area contributed by atoms with Crippen molar-refractivity contribution in [1.29, 1.82) is 0 Å². The van der Waals surface area contributed by atoms with Crippen LogP contribution in [0.15, 0.2) is 0 Å². The molecule has 0 saturated heterocycles. The second kappa shape index (κ2) is 12.2. The van der Waals surface area contributed by atoms with E-state index in [0.29, 0.717) is 39.6 Å².